The first-order chi connectivity index (χ1) is 13.4. The lowest BCUT2D eigenvalue weighted by atomic mass is 10.1. The molecule has 1 fully saturated rings. The van der Waals surface area contributed by atoms with E-state index in [4.69, 9.17) is 9.47 Å². The highest BCUT2D eigenvalue weighted by atomic mass is 19.3. The molecule has 9 nitrogen and oxygen atoms in total. The lowest BCUT2D eigenvalue weighted by Crippen LogP contribution is -2.50. The zero-order valence-corrected chi connectivity index (χ0v) is 15.4. The molecule has 0 radical (unpaired) electrons. The lowest BCUT2D eigenvalue weighted by Gasteiger charge is -2.27. The highest BCUT2D eigenvalue weighted by Crippen LogP contribution is 2.39. The Morgan fingerprint density at radius 3 is 2.86 bits per heavy atom. The second-order valence-electron chi connectivity index (χ2n) is 6.41. The number of hydrogen-bond acceptors (Lipinski definition) is 6. The van der Waals surface area contributed by atoms with Crippen molar-refractivity contribution in [2.24, 2.45) is 0 Å². The quantitative estimate of drug-likeness (QED) is 0.696. The molecule has 11 heteroatoms. The Balaban J connectivity index is 1.55. The maximum Gasteiger partial charge on any atom is 0.387 e. The molecule has 1 aromatic carbocycles. The molecule has 0 bridgehead atoms. The number of alkyl halides is 2. The van der Waals surface area contributed by atoms with Crippen LogP contribution in [0.4, 0.5) is 13.6 Å². The molecule has 1 aromatic rings. The first-order valence-corrected chi connectivity index (χ1v) is 8.77. The van der Waals surface area contributed by atoms with Gasteiger partial charge in [-0.15, -0.1) is 0 Å². The average Bonchev–Trinajstić information content (AvgIpc) is 3.08. The van der Waals surface area contributed by atoms with Gasteiger partial charge in [-0.3, -0.25) is 9.69 Å². The fraction of sp³-hybridized carbons (Fsp3) is 0.529. The van der Waals surface area contributed by atoms with Crippen LogP contribution >= 0.6 is 0 Å². The van der Waals surface area contributed by atoms with Crippen molar-refractivity contribution in [2.75, 3.05) is 46.6 Å². The first kappa shape index (κ1) is 19.9. The van der Waals surface area contributed by atoms with Gasteiger partial charge in [-0.1, -0.05) is 0 Å². The Morgan fingerprint density at radius 2 is 2.14 bits per heavy atom. The van der Waals surface area contributed by atoms with Crippen molar-refractivity contribution in [3.8, 4) is 17.2 Å². The molecule has 2 heterocycles. The van der Waals surface area contributed by atoms with Crippen LogP contribution in [-0.4, -0.2) is 74.9 Å². The van der Waals surface area contributed by atoms with Gasteiger partial charge in [0.1, 0.15) is 5.75 Å². The van der Waals surface area contributed by atoms with E-state index in [1.165, 1.54) is 17.0 Å². The predicted octanol–water partition coefficient (Wildman–Crippen LogP) is 0.590. The van der Waals surface area contributed by atoms with Crippen molar-refractivity contribution in [3.63, 3.8) is 0 Å². The molecule has 0 spiro atoms. The van der Waals surface area contributed by atoms with Gasteiger partial charge in [0.05, 0.1) is 13.1 Å². The molecular weight excluding hydrogens is 378 g/mol. The van der Waals surface area contributed by atoms with Crippen LogP contribution in [0.25, 0.3) is 0 Å². The standard InChI is InChI=1S/C17H22F2N4O5/c1-22(17(25)21-3-5-23-4-2-20-15(24)9-23)8-11-6-13-14(27-10-26-13)7-12(11)28-16(18)19/h6-7,16H,2-5,8-10H2,1H3,(H,20,24)(H,21,25). The predicted molar refractivity (Wildman–Crippen MR) is 93.5 cm³/mol. The number of benzene rings is 1. The fourth-order valence-electron chi connectivity index (χ4n) is 2.96. The Kier molecular flexibility index (Phi) is 6.34. The molecule has 0 atom stereocenters. The number of piperazine rings is 1. The number of rotatable bonds is 7. The van der Waals surface area contributed by atoms with E-state index in [0.717, 1.165) is 6.54 Å². The molecule has 0 unspecified atom stereocenters. The van der Waals surface area contributed by atoms with Crippen LogP contribution in [0.15, 0.2) is 12.1 Å². The monoisotopic (exact) mass is 400 g/mol. The van der Waals surface area contributed by atoms with Crippen LogP contribution in [-0.2, 0) is 11.3 Å². The summed E-state index contributed by atoms with van der Waals surface area (Å²) in [6, 6.07) is 2.48. The minimum atomic E-state index is -3.00. The third-order valence-corrected chi connectivity index (χ3v) is 4.35. The maximum atomic E-state index is 12.7. The number of carbonyl (C=O) groups excluding carboxylic acids is 2. The second-order valence-corrected chi connectivity index (χ2v) is 6.41. The highest BCUT2D eigenvalue weighted by molar-refractivity contribution is 5.78. The molecule has 28 heavy (non-hydrogen) atoms. The number of amides is 3. The number of nitrogens with one attached hydrogen (secondary N) is 2. The van der Waals surface area contributed by atoms with Crippen molar-refractivity contribution >= 4 is 11.9 Å². The normalized spacial score (nSPS) is 16.1. The van der Waals surface area contributed by atoms with Crippen LogP contribution in [0.3, 0.4) is 0 Å². The summed E-state index contributed by atoms with van der Waals surface area (Å²) in [4.78, 5) is 26.9. The SMILES string of the molecule is CN(Cc1cc2c(cc1OC(F)F)OCO2)C(=O)NCCN1CCNC(=O)C1. The summed E-state index contributed by atoms with van der Waals surface area (Å²) in [6.07, 6.45) is 0. The van der Waals surface area contributed by atoms with Gasteiger partial charge in [-0.2, -0.15) is 8.78 Å². The van der Waals surface area contributed by atoms with Crippen LogP contribution in [0, 0.1) is 0 Å². The van der Waals surface area contributed by atoms with Gasteiger partial charge in [0.2, 0.25) is 12.7 Å². The molecule has 0 aromatic heterocycles. The average molecular weight is 400 g/mol. The Labute approximate surface area is 160 Å². The Morgan fingerprint density at radius 1 is 1.39 bits per heavy atom. The molecule has 154 valence electrons. The van der Waals surface area contributed by atoms with Gasteiger partial charge in [0, 0.05) is 44.9 Å². The summed E-state index contributed by atoms with van der Waals surface area (Å²) in [5, 5.41) is 5.48. The maximum absolute atomic E-state index is 12.7. The number of carbonyl (C=O) groups is 2. The summed E-state index contributed by atoms with van der Waals surface area (Å²) >= 11 is 0. The minimum absolute atomic E-state index is 0.00223. The van der Waals surface area contributed by atoms with E-state index >= 15 is 0 Å². The zero-order chi connectivity index (χ0) is 20.1. The minimum Gasteiger partial charge on any atom is -0.454 e. The number of fused-ring (bicyclic) bond motifs is 1. The third-order valence-electron chi connectivity index (χ3n) is 4.35. The topological polar surface area (TPSA) is 92.4 Å². The van der Waals surface area contributed by atoms with Gasteiger partial charge in [0.25, 0.3) is 0 Å². The Hall–Kier alpha value is -2.82. The molecule has 2 aliphatic heterocycles. The van der Waals surface area contributed by atoms with Crippen LogP contribution in [0.1, 0.15) is 5.56 Å². The van der Waals surface area contributed by atoms with E-state index < -0.39 is 6.61 Å². The van der Waals surface area contributed by atoms with E-state index in [0.29, 0.717) is 43.2 Å². The molecule has 0 saturated carbocycles. The van der Waals surface area contributed by atoms with E-state index in [9.17, 15) is 18.4 Å². The molecule has 2 N–H and O–H groups in total. The van der Waals surface area contributed by atoms with Crippen molar-refractivity contribution in [1.29, 1.82) is 0 Å². The summed E-state index contributed by atoms with van der Waals surface area (Å²) in [6.45, 7) is -0.451. The number of urea groups is 1. The number of halogens is 2. The lowest BCUT2D eigenvalue weighted by molar-refractivity contribution is -0.124. The molecule has 1 saturated heterocycles. The number of nitrogens with zero attached hydrogens (tertiary/aromatic N) is 2. The molecule has 3 amide bonds. The smallest absolute Gasteiger partial charge is 0.387 e. The summed E-state index contributed by atoms with van der Waals surface area (Å²) in [7, 11) is 1.54. The molecule has 0 aliphatic carbocycles. The molecule has 3 rings (SSSR count). The number of hydrogen-bond donors (Lipinski definition) is 2. The van der Waals surface area contributed by atoms with Crippen molar-refractivity contribution in [3.05, 3.63) is 17.7 Å². The van der Waals surface area contributed by atoms with Crippen molar-refractivity contribution < 1.29 is 32.6 Å². The van der Waals surface area contributed by atoms with Crippen LogP contribution in [0.2, 0.25) is 0 Å². The van der Waals surface area contributed by atoms with E-state index in [-0.39, 0.29) is 31.0 Å². The van der Waals surface area contributed by atoms with Gasteiger partial charge in [-0.25, -0.2) is 4.79 Å². The van der Waals surface area contributed by atoms with E-state index in [1.807, 2.05) is 4.90 Å². The van der Waals surface area contributed by atoms with Gasteiger partial charge < -0.3 is 29.7 Å². The van der Waals surface area contributed by atoms with Crippen LogP contribution < -0.4 is 24.8 Å². The molecule has 2 aliphatic rings. The molecular formula is C17H22F2N4O5. The Bertz CT molecular complexity index is 734. The van der Waals surface area contributed by atoms with Gasteiger partial charge in [-0.05, 0) is 6.07 Å². The van der Waals surface area contributed by atoms with Crippen LogP contribution in [0.5, 0.6) is 17.2 Å². The fourth-order valence-corrected chi connectivity index (χ4v) is 2.96. The van der Waals surface area contributed by atoms with Gasteiger partial charge >= 0.3 is 12.6 Å². The van der Waals surface area contributed by atoms with E-state index in [2.05, 4.69) is 15.4 Å². The zero-order valence-electron chi connectivity index (χ0n) is 15.4. The first-order valence-electron chi connectivity index (χ1n) is 8.77. The van der Waals surface area contributed by atoms with Crippen molar-refractivity contribution in [2.45, 2.75) is 13.2 Å². The number of ether oxygens (including phenoxy) is 3. The summed E-state index contributed by atoms with van der Waals surface area (Å²) in [5.41, 5.74) is 0.370. The van der Waals surface area contributed by atoms with E-state index in [1.54, 1.807) is 7.05 Å². The highest BCUT2D eigenvalue weighted by Gasteiger charge is 2.22. The second kappa shape index (κ2) is 8.91. The third kappa shape index (κ3) is 5.12. The summed E-state index contributed by atoms with van der Waals surface area (Å²) in [5.74, 6) is 0.619. The van der Waals surface area contributed by atoms with Gasteiger partial charge in [0.15, 0.2) is 11.5 Å². The largest absolute Gasteiger partial charge is 0.454 e. The summed E-state index contributed by atoms with van der Waals surface area (Å²) < 4.78 is 40.4. The van der Waals surface area contributed by atoms with Crippen molar-refractivity contribution in [1.82, 2.24) is 20.4 Å².